The number of allylic oxidation sites excluding steroid dienone is 1. The minimum Gasteiger partial charge on any atom is -0.497 e. The Kier molecular flexibility index (Phi) is 22.1. The van der Waals surface area contributed by atoms with E-state index in [9.17, 15) is 19.2 Å². The first-order valence-electron chi connectivity index (χ1n) is 31.9. The van der Waals surface area contributed by atoms with Crippen LogP contribution in [0, 0.1) is 52.3 Å². The van der Waals surface area contributed by atoms with Gasteiger partial charge in [-0.05, 0) is 158 Å². The Morgan fingerprint density at radius 2 is 1.41 bits per heavy atom. The van der Waals surface area contributed by atoms with Crippen molar-refractivity contribution in [3.8, 4) is 11.5 Å². The van der Waals surface area contributed by atoms with Crippen molar-refractivity contribution in [3.63, 3.8) is 0 Å². The highest BCUT2D eigenvalue weighted by Crippen LogP contribution is 2.67. The van der Waals surface area contributed by atoms with Crippen LogP contribution < -0.4 is 20.1 Å². The van der Waals surface area contributed by atoms with Crippen molar-refractivity contribution >= 4 is 23.9 Å². The first-order valence-corrected chi connectivity index (χ1v) is 31.9. The normalized spacial score (nSPS) is 26.6. The van der Waals surface area contributed by atoms with Crippen molar-refractivity contribution in [3.05, 3.63) is 107 Å². The molecule has 3 saturated carbocycles. The number of ether oxygens (including phenoxy) is 5. The highest BCUT2D eigenvalue weighted by molar-refractivity contribution is 5.81. The topological polar surface area (TPSA) is 142 Å². The highest BCUT2D eigenvalue weighted by atomic mass is 16.6. The Bertz CT molecular complexity index is 2520. The second kappa shape index (κ2) is 29.0. The minimum atomic E-state index is -1.11. The van der Waals surface area contributed by atoms with Crippen molar-refractivity contribution in [2.45, 2.75) is 201 Å². The molecular formula is C70H101N3O9. The molecule has 0 aromatic heterocycles. The van der Waals surface area contributed by atoms with Gasteiger partial charge in [0.15, 0.2) is 0 Å². The molecule has 5 aliphatic rings. The number of rotatable bonds is 28. The summed E-state index contributed by atoms with van der Waals surface area (Å²) in [6, 6.07) is 25.8. The molecule has 7 unspecified atom stereocenters. The third-order valence-electron chi connectivity index (χ3n) is 20.6. The molecule has 3 amide bonds. The molecular weight excluding hydrogens is 1030 g/mol. The monoisotopic (exact) mass is 1130 g/mol. The summed E-state index contributed by atoms with van der Waals surface area (Å²) in [5.41, 5.74) is 3.70. The van der Waals surface area contributed by atoms with E-state index < -0.39 is 17.7 Å². The van der Waals surface area contributed by atoms with Gasteiger partial charge in [-0.15, -0.1) is 0 Å². The number of fused-ring (bicyclic) bond motifs is 5. The third kappa shape index (κ3) is 14.8. The maximum Gasteiger partial charge on any atom is 0.407 e. The molecule has 0 bridgehead atoms. The molecule has 0 radical (unpaired) electrons. The number of hydrogen-bond donors (Lipinski definition) is 2. The number of methoxy groups -OCH3 is 2. The second-order valence-electron chi connectivity index (χ2n) is 26.2. The molecule has 1 heterocycles. The Hall–Kier alpha value is -5.36. The number of hydrogen-bond acceptors (Lipinski definition) is 9. The molecule has 1 saturated heterocycles. The Morgan fingerprint density at radius 3 is 2.07 bits per heavy atom. The summed E-state index contributed by atoms with van der Waals surface area (Å²) < 4.78 is 30.8. The summed E-state index contributed by atoms with van der Waals surface area (Å²) in [7, 11) is 3.28. The Balaban J connectivity index is 0.846. The van der Waals surface area contributed by atoms with Crippen LogP contribution in [-0.2, 0) is 34.2 Å². The van der Waals surface area contributed by atoms with Gasteiger partial charge in [0.2, 0.25) is 11.8 Å². The van der Waals surface area contributed by atoms with Gasteiger partial charge in [0.05, 0.1) is 33.8 Å². The molecule has 12 nitrogen and oxygen atoms in total. The number of unbranched alkanes of at least 4 members (excludes halogenated alkanes) is 2. The van der Waals surface area contributed by atoms with E-state index in [-0.39, 0.29) is 67.4 Å². The summed E-state index contributed by atoms with van der Waals surface area (Å²) in [6.45, 7) is 17.8. The molecule has 4 fully saturated rings. The van der Waals surface area contributed by atoms with Gasteiger partial charge in [-0.25, -0.2) is 4.79 Å². The maximum absolute atomic E-state index is 14.1. The molecule has 82 heavy (non-hydrogen) atoms. The molecule has 2 N–H and O–H groups in total. The smallest absolute Gasteiger partial charge is 0.407 e. The zero-order valence-electron chi connectivity index (χ0n) is 51.4. The van der Waals surface area contributed by atoms with Crippen molar-refractivity contribution in [1.82, 2.24) is 15.5 Å². The number of nitrogens with one attached hydrogen (secondary N) is 2. The number of esters is 1. The largest absolute Gasteiger partial charge is 0.497 e. The molecule has 3 aromatic rings. The summed E-state index contributed by atoms with van der Waals surface area (Å²) in [5.74, 6) is 5.12. The van der Waals surface area contributed by atoms with Gasteiger partial charge in [-0.1, -0.05) is 147 Å². The number of carbonyl (C=O) groups excluding carboxylic acids is 4. The van der Waals surface area contributed by atoms with E-state index in [1.165, 1.54) is 56.9 Å². The molecule has 1 aliphatic heterocycles. The van der Waals surface area contributed by atoms with Gasteiger partial charge < -0.3 is 39.2 Å². The van der Waals surface area contributed by atoms with E-state index in [1.807, 2.05) is 85.8 Å². The molecule has 11 atom stereocenters. The van der Waals surface area contributed by atoms with Crippen LogP contribution in [0.1, 0.15) is 194 Å². The van der Waals surface area contributed by atoms with E-state index in [0.717, 1.165) is 104 Å². The van der Waals surface area contributed by atoms with Gasteiger partial charge in [-0.3, -0.25) is 14.4 Å². The second-order valence-corrected chi connectivity index (χ2v) is 26.2. The average molecular weight is 1130 g/mol. The van der Waals surface area contributed by atoms with Crippen LogP contribution in [0.15, 0.2) is 90.5 Å². The van der Waals surface area contributed by atoms with E-state index in [2.05, 4.69) is 58.3 Å². The van der Waals surface area contributed by atoms with E-state index in [1.54, 1.807) is 19.1 Å². The van der Waals surface area contributed by atoms with Crippen LogP contribution >= 0.6 is 0 Å². The standard InChI is InChI=1S/C70H101N3O9/c1-10-19-55(11-2)72-64(74)37-38-66(76)82-63-46-73(45-50(63)47-80-70(51-22-14-12-15-23-51,52-25-30-56(78-8)31-26-52)53-27-32-57(79-9)33-28-53)65(75)24-16-13-17-43-71-67(77)81-58-39-41-68(6)54(44-58)29-34-59-61-36-35-60(49(5)21-18-20-48(3)4)69(61,7)42-40-62(59)68/h12,14-15,22-23,25-33,48-50,55,58-63H,10-11,13,16-21,24,34-47H2,1-9H3,(H,71,77)(H,72,74)/t49?,50?,55?,58-,59?,60+,61?,62?,63?,68-,69+/m0/s1. The van der Waals surface area contributed by atoms with Crippen LogP contribution in [0.3, 0.4) is 0 Å². The van der Waals surface area contributed by atoms with Gasteiger partial charge >= 0.3 is 12.1 Å². The lowest BCUT2D eigenvalue weighted by molar-refractivity contribution is -0.153. The van der Waals surface area contributed by atoms with Crippen LogP contribution in [0.25, 0.3) is 0 Å². The number of carbonyl (C=O) groups is 4. The van der Waals surface area contributed by atoms with Crippen LogP contribution in [0.2, 0.25) is 0 Å². The molecule has 3 aromatic carbocycles. The SMILES string of the molecule is CCCC(CC)NC(=O)CCC(=O)OC1CN(C(=O)CCCCCNC(=O)O[C@H]2CC[C@@]3(C)C(=CCC4C3CC[C@@]3(C)C4CC[C@@H]3C(C)CCCC(C)C)C2)CC1COC(c1ccccc1)(c1ccc(OC)cc1)c1ccc(OC)cc1. The number of amides is 3. The Morgan fingerprint density at radius 1 is 0.720 bits per heavy atom. The van der Waals surface area contributed by atoms with Crippen LogP contribution in [0.5, 0.6) is 11.5 Å². The van der Waals surface area contributed by atoms with Crippen molar-refractivity contribution in [2.75, 3.05) is 40.5 Å². The number of likely N-dealkylation sites (tertiary alicyclic amines) is 1. The molecule has 450 valence electrons. The predicted molar refractivity (Wildman–Crippen MR) is 324 cm³/mol. The van der Waals surface area contributed by atoms with Gasteiger partial charge in [-0.2, -0.15) is 0 Å². The minimum absolute atomic E-state index is 0.0200. The fourth-order valence-electron chi connectivity index (χ4n) is 16.0. The van der Waals surface area contributed by atoms with Crippen molar-refractivity contribution < 1.29 is 42.9 Å². The quantitative estimate of drug-likeness (QED) is 0.0314. The highest BCUT2D eigenvalue weighted by Gasteiger charge is 2.59. The molecule has 12 heteroatoms. The van der Waals surface area contributed by atoms with Gasteiger partial charge in [0, 0.05) is 44.3 Å². The van der Waals surface area contributed by atoms with Crippen LogP contribution in [0.4, 0.5) is 4.79 Å². The summed E-state index contributed by atoms with van der Waals surface area (Å²) in [6.07, 6.45) is 20.1. The summed E-state index contributed by atoms with van der Waals surface area (Å²) in [4.78, 5) is 55.7. The number of benzene rings is 3. The van der Waals surface area contributed by atoms with Gasteiger partial charge in [0.25, 0.3) is 0 Å². The third-order valence-corrected chi connectivity index (χ3v) is 20.6. The van der Waals surface area contributed by atoms with Gasteiger partial charge in [0.1, 0.15) is 29.3 Å². The first kappa shape index (κ1) is 62.7. The summed E-state index contributed by atoms with van der Waals surface area (Å²) >= 11 is 0. The lowest BCUT2D eigenvalue weighted by atomic mass is 9.47. The predicted octanol–water partition coefficient (Wildman–Crippen LogP) is 14.6. The van der Waals surface area contributed by atoms with Crippen molar-refractivity contribution in [1.29, 1.82) is 0 Å². The summed E-state index contributed by atoms with van der Waals surface area (Å²) in [5, 5.41) is 6.09. The molecule has 4 aliphatic carbocycles. The maximum atomic E-state index is 14.1. The molecule has 0 spiro atoms. The Labute approximate surface area is 492 Å². The average Bonchev–Trinajstić information content (AvgIpc) is 1.99. The number of alkyl carbamates (subject to hydrolysis) is 1. The zero-order valence-corrected chi connectivity index (χ0v) is 51.4. The molecule has 8 rings (SSSR count). The fourth-order valence-corrected chi connectivity index (χ4v) is 16.0. The van der Waals surface area contributed by atoms with Crippen molar-refractivity contribution in [2.24, 2.45) is 52.3 Å². The lowest BCUT2D eigenvalue weighted by Gasteiger charge is -2.58. The van der Waals surface area contributed by atoms with E-state index in [0.29, 0.717) is 42.8 Å². The first-order chi connectivity index (χ1) is 39.5. The van der Waals surface area contributed by atoms with Crippen LogP contribution in [-0.4, -0.2) is 87.5 Å². The fraction of sp³-hybridized carbons (Fsp3) is 0.657. The van der Waals surface area contributed by atoms with E-state index in [4.69, 9.17) is 23.7 Å². The lowest BCUT2D eigenvalue weighted by Crippen LogP contribution is -2.51. The van der Waals surface area contributed by atoms with E-state index >= 15 is 0 Å². The number of nitrogens with zero attached hydrogens (tertiary/aromatic N) is 1. The zero-order chi connectivity index (χ0) is 58.4.